The number of carbonyl (C=O) groups excluding carboxylic acids is 2. The van der Waals surface area contributed by atoms with Gasteiger partial charge in [-0.1, -0.05) is 0 Å². The van der Waals surface area contributed by atoms with Gasteiger partial charge in [0.15, 0.2) is 0 Å². The molecule has 0 atom stereocenters. The van der Waals surface area contributed by atoms with E-state index in [1.165, 1.54) is 6.92 Å². The van der Waals surface area contributed by atoms with E-state index in [0.717, 1.165) is 11.3 Å². The van der Waals surface area contributed by atoms with Gasteiger partial charge in [-0.15, -0.1) is 0 Å². The predicted octanol–water partition coefficient (Wildman–Crippen LogP) is 1.73. The van der Waals surface area contributed by atoms with Crippen LogP contribution < -0.4 is 5.32 Å². The van der Waals surface area contributed by atoms with E-state index in [9.17, 15) is 9.59 Å². The van der Waals surface area contributed by atoms with E-state index in [4.69, 9.17) is 4.74 Å². The molecule has 0 bridgehead atoms. The molecule has 7 nitrogen and oxygen atoms in total. The number of anilines is 1. The highest BCUT2D eigenvalue weighted by atomic mass is 16.6. The molecule has 2 amide bonds. The number of rotatable bonds is 1. The van der Waals surface area contributed by atoms with Crippen molar-refractivity contribution in [3.05, 3.63) is 17.5 Å². The Morgan fingerprint density at radius 2 is 2.10 bits per heavy atom. The average Bonchev–Trinajstić information content (AvgIpc) is 2.35. The van der Waals surface area contributed by atoms with Gasteiger partial charge in [-0.2, -0.15) is 0 Å². The van der Waals surface area contributed by atoms with Crippen molar-refractivity contribution in [1.82, 2.24) is 14.9 Å². The lowest BCUT2D eigenvalue weighted by Crippen LogP contribution is -2.40. The Labute approximate surface area is 123 Å². The summed E-state index contributed by atoms with van der Waals surface area (Å²) >= 11 is 0. The molecular formula is C14H20N4O3. The van der Waals surface area contributed by atoms with Crippen molar-refractivity contribution in [2.75, 3.05) is 11.9 Å². The molecule has 0 radical (unpaired) electrons. The van der Waals surface area contributed by atoms with Crippen LogP contribution in [0.5, 0.6) is 0 Å². The number of hydrogen-bond acceptors (Lipinski definition) is 5. The number of amides is 2. The van der Waals surface area contributed by atoms with E-state index < -0.39 is 5.60 Å². The Morgan fingerprint density at radius 3 is 2.71 bits per heavy atom. The second kappa shape index (κ2) is 5.67. The lowest BCUT2D eigenvalue weighted by atomic mass is 10.1. The highest BCUT2D eigenvalue weighted by Gasteiger charge is 2.26. The van der Waals surface area contributed by atoms with Gasteiger partial charge in [0.2, 0.25) is 11.9 Å². The van der Waals surface area contributed by atoms with Crippen LogP contribution in [0.25, 0.3) is 0 Å². The number of nitrogens with zero attached hydrogens (tertiary/aromatic N) is 3. The van der Waals surface area contributed by atoms with Crippen molar-refractivity contribution in [1.29, 1.82) is 0 Å². The SMILES string of the molecule is CC(=O)Nc1ncc2c(n1)CCN(C(=O)OC(C)(C)C)C2. The molecule has 2 rings (SSSR count). The summed E-state index contributed by atoms with van der Waals surface area (Å²) in [5.74, 6) is 0.0908. The minimum absolute atomic E-state index is 0.207. The van der Waals surface area contributed by atoms with E-state index in [2.05, 4.69) is 15.3 Å². The van der Waals surface area contributed by atoms with E-state index in [-0.39, 0.29) is 12.0 Å². The fourth-order valence-corrected chi connectivity index (χ4v) is 2.02. The van der Waals surface area contributed by atoms with Crippen LogP contribution in [0.4, 0.5) is 10.7 Å². The molecule has 1 N–H and O–H groups in total. The summed E-state index contributed by atoms with van der Waals surface area (Å²) in [4.78, 5) is 33.0. The summed E-state index contributed by atoms with van der Waals surface area (Å²) in [5.41, 5.74) is 1.22. The summed E-state index contributed by atoms with van der Waals surface area (Å²) in [6.07, 6.45) is 1.92. The van der Waals surface area contributed by atoms with Crippen molar-refractivity contribution in [3.8, 4) is 0 Å². The minimum atomic E-state index is -0.511. The van der Waals surface area contributed by atoms with Crippen LogP contribution in [-0.4, -0.2) is 39.0 Å². The summed E-state index contributed by atoms with van der Waals surface area (Å²) in [7, 11) is 0. The Hall–Kier alpha value is -2.18. The number of fused-ring (bicyclic) bond motifs is 1. The van der Waals surface area contributed by atoms with Crippen LogP contribution in [0, 0.1) is 0 Å². The molecule has 1 aliphatic heterocycles. The first-order chi connectivity index (χ1) is 9.74. The predicted molar refractivity (Wildman–Crippen MR) is 76.7 cm³/mol. The molecule has 0 spiro atoms. The van der Waals surface area contributed by atoms with Crippen molar-refractivity contribution in [2.45, 2.75) is 46.3 Å². The van der Waals surface area contributed by atoms with E-state index in [1.807, 2.05) is 20.8 Å². The Kier molecular flexibility index (Phi) is 4.11. The molecule has 0 saturated heterocycles. The number of nitrogens with one attached hydrogen (secondary N) is 1. The third kappa shape index (κ3) is 4.14. The highest BCUT2D eigenvalue weighted by Crippen LogP contribution is 2.20. The standard InChI is InChI=1S/C14H20N4O3/c1-9(19)16-12-15-7-10-8-18(6-5-11(10)17-12)13(20)21-14(2,3)4/h7H,5-6,8H2,1-4H3,(H,15,16,17,19). The molecule has 21 heavy (non-hydrogen) atoms. The van der Waals surface area contributed by atoms with Gasteiger partial charge in [-0.25, -0.2) is 14.8 Å². The molecule has 0 saturated carbocycles. The Morgan fingerprint density at radius 1 is 1.38 bits per heavy atom. The normalized spacial score (nSPS) is 14.4. The van der Waals surface area contributed by atoms with Crippen molar-refractivity contribution >= 4 is 17.9 Å². The molecule has 1 aromatic heterocycles. The van der Waals surface area contributed by atoms with E-state index >= 15 is 0 Å². The lowest BCUT2D eigenvalue weighted by molar-refractivity contribution is -0.114. The number of ether oxygens (including phenoxy) is 1. The van der Waals surface area contributed by atoms with Gasteiger partial charge in [0, 0.05) is 31.6 Å². The van der Waals surface area contributed by atoms with Crippen LogP contribution in [-0.2, 0) is 22.5 Å². The first kappa shape index (κ1) is 15.2. The molecule has 0 fully saturated rings. The molecule has 0 unspecified atom stereocenters. The van der Waals surface area contributed by atoms with Crippen LogP contribution >= 0.6 is 0 Å². The molecule has 2 heterocycles. The minimum Gasteiger partial charge on any atom is -0.444 e. The van der Waals surface area contributed by atoms with Gasteiger partial charge in [0.1, 0.15) is 5.60 Å². The zero-order valence-corrected chi connectivity index (χ0v) is 12.8. The highest BCUT2D eigenvalue weighted by molar-refractivity contribution is 5.86. The molecule has 114 valence electrons. The van der Waals surface area contributed by atoms with E-state index in [1.54, 1.807) is 11.1 Å². The molecule has 1 aromatic rings. The van der Waals surface area contributed by atoms with Crippen LogP contribution in [0.2, 0.25) is 0 Å². The van der Waals surface area contributed by atoms with Crippen LogP contribution in [0.15, 0.2) is 6.20 Å². The Balaban J connectivity index is 2.07. The third-order valence-corrected chi connectivity index (χ3v) is 2.87. The fraction of sp³-hybridized carbons (Fsp3) is 0.571. The number of hydrogen-bond donors (Lipinski definition) is 1. The van der Waals surface area contributed by atoms with Gasteiger partial charge in [-0.05, 0) is 20.8 Å². The van der Waals surface area contributed by atoms with Crippen molar-refractivity contribution in [3.63, 3.8) is 0 Å². The second-order valence-electron chi connectivity index (χ2n) is 6.00. The van der Waals surface area contributed by atoms with Crippen molar-refractivity contribution in [2.24, 2.45) is 0 Å². The fourth-order valence-electron chi connectivity index (χ4n) is 2.02. The van der Waals surface area contributed by atoms with Gasteiger partial charge in [0.05, 0.1) is 12.2 Å². The number of aromatic nitrogens is 2. The van der Waals surface area contributed by atoms with Gasteiger partial charge in [-0.3, -0.25) is 10.1 Å². The number of carbonyl (C=O) groups is 2. The zero-order chi connectivity index (χ0) is 15.6. The van der Waals surface area contributed by atoms with Crippen LogP contribution in [0.3, 0.4) is 0 Å². The zero-order valence-electron chi connectivity index (χ0n) is 12.8. The lowest BCUT2D eigenvalue weighted by Gasteiger charge is -2.30. The maximum absolute atomic E-state index is 12.0. The summed E-state index contributed by atoms with van der Waals surface area (Å²) < 4.78 is 5.36. The molecular weight excluding hydrogens is 272 g/mol. The van der Waals surface area contributed by atoms with E-state index in [0.29, 0.717) is 25.5 Å². The molecule has 7 heteroatoms. The van der Waals surface area contributed by atoms with Gasteiger partial charge in [0.25, 0.3) is 0 Å². The summed E-state index contributed by atoms with van der Waals surface area (Å²) in [6.45, 7) is 7.89. The first-order valence-corrected chi connectivity index (χ1v) is 6.85. The third-order valence-electron chi connectivity index (χ3n) is 2.87. The Bertz CT molecular complexity index is 566. The van der Waals surface area contributed by atoms with Crippen LogP contribution in [0.1, 0.15) is 39.0 Å². The topological polar surface area (TPSA) is 84.4 Å². The summed E-state index contributed by atoms with van der Waals surface area (Å²) in [6, 6.07) is 0. The first-order valence-electron chi connectivity index (χ1n) is 6.85. The molecule has 0 aromatic carbocycles. The summed E-state index contributed by atoms with van der Waals surface area (Å²) in [5, 5.41) is 2.55. The quantitative estimate of drug-likeness (QED) is 0.852. The maximum Gasteiger partial charge on any atom is 0.410 e. The monoisotopic (exact) mass is 292 g/mol. The van der Waals surface area contributed by atoms with Crippen molar-refractivity contribution < 1.29 is 14.3 Å². The van der Waals surface area contributed by atoms with Gasteiger partial charge < -0.3 is 9.64 Å². The smallest absolute Gasteiger partial charge is 0.410 e. The largest absolute Gasteiger partial charge is 0.444 e. The second-order valence-corrected chi connectivity index (χ2v) is 6.00. The maximum atomic E-state index is 12.0. The van der Waals surface area contributed by atoms with Gasteiger partial charge >= 0.3 is 6.09 Å². The molecule has 1 aliphatic rings. The average molecular weight is 292 g/mol. The molecule has 0 aliphatic carbocycles.